The lowest BCUT2D eigenvalue weighted by Crippen LogP contribution is -2.65. The zero-order valence-electron chi connectivity index (χ0n) is 26.7. The number of fused-ring (bicyclic) bond motifs is 4. The lowest BCUT2D eigenvalue weighted by atomic mass is 9.72. The van der Waals surface area contributed by atoms with E-state index in [-0.39, 0.29) is 31.0 Å². The highest BCUT2D eigenvalue weighted by Gasteiger charge is 2.51. The Hall–Kier alpha value is -2.64. The van der Waals surface area contributed by atoms with Crippen LogP contribution in [0.1, 0.15) is 60.5 Å². The van der Waals surface area contributed by atoms with Gasteiger partial charge in [-0.15, -0.1) is 0 Å². The first-order valence-electron chi connectivity index (χ1n) is 16.1. The molecule has 6 rings (SSSR count). The van der Waals surface area contributed by atoms with Crippen molar-refractivity contribution in [1.29, 1.82) is 0 Å². The van der Waals surface area contributed by atoms with E-state index in [4.69, 9.17) is 18.9 Å². The Balaban J connectivity index is 1.34. The average Bonchev–Trinajstić information content (AvgIpc) is 3.05. The van der Waals surface area contributed by atoms with Gasteiger partial charge in [-0.05, 0) is 84.0 Å². The molecule has 2 saturated heterocycles. The third-order valence-electron chi connectivity index (χ3n) is 10.8. The van der Waals surface area contributed by atoms with E-state index < -0.39 is 24.1 Å². The van der Waals surface area contributed by atoms with Gasteiger partial charge in [-0.2, -0.15) is 0 Å². The van der Waals surface area contributed by atoms with Gasteiger partial charge in [-0.25, -0.2) is 0 Å². The van der Waals surface area contributed by atoms with Crippen LogP contribution >= 0.6 is 0 Å². The van der Waals surface area contributed by atoms with Crippen LogP contribution in [0.4, 0.5) is 0 Å². The van der Waals surface area contributed by atoms with Gasteiger partial charge in [0.05, 0.1) is 34.5 Å². The molecule has 0 unspecified atom stereocenters. The first kappa shape index (κ1) is 32.3. The molecular formula is C34H48N2O9. The van der Waals surface area contributed by atoms with E-state index in [0.29, 0.717) is 30.6 Å². The number of rotatable bonds is 8. The monoisotopic (exact) mass is 628 g/mol. The highest BCUT2D eigenvalue weighted by atomic mass is 16.6. The fraction of sp³-hybridized carbons (Fsp3) is 0.647. The summed E-state index contributed by atoms with van der Waals surface area (Å²) in [5.41, 5.74) is 4.61. The normalized spacial score (nSPS) is 33.6. The third-order valence-corrected chi connectivity index (χ3v) is 10.8. The summed E-state index contributed by atoms with van der Waals surface area (Å²) in [4.78, 5) is 4.72. The lowest BCUT2D eigenvalue weighted by Gasteiger charge is -2.50. The molecular weight excluding hydrogens is 580 g/mol. The summed E-state index contributed by atoms with van der Waals surface area (Å²) in [6.45, 7) is 4.44. The zero-order valence-corrected chi connectivity index (χ0v) is 26.7. The highest BCUT2D eigenvalue weighted by Crippen LogP contribution is 2.49. The van der Waals surface area contributed by atoms with Gasteiger partial charge in [0.2, 0.25) is 5.79 Å². The number of hydrogen-bond acceptors (Lipinski definition) is 11. The van der Waals surface area contributed by atoms with Crippen LogP contribution in [0.2, 0.25) is 0 Å². The molecule has 11 nitrogen and oxygen atoms in total. The van der Waals surface area contributed by atoms with Crippen LogP contribution in [-0.4, -0.2) is 114 Å². The van der Waals surface area contributed by atoms with Crippen molar-refractivity contribution in [2.75, 3.05) is 54.1 Å². The number of aliphatic hydroxyl groups is 4. The van der Waals surface area contributed by atoms with E-state index >= 15 is 0 Å². The fourth-order valence-electron chi connectivity index (χ4n) is 8.26. The second-order valence-electron chi connectivity index (χ2n) is 13.2. The van der Waals surface area contributed by atoms with Crippen LogP contribution in [0.15, 0.2) is 24.3 Å². The minimum atomic E-state index is -2.05. The molecule has 0 radical (unpaired) electrons. The summed E-state index contributed by atoms with van der Waals surface area (Å²) in [5.74, 6) is 0.680. The van der Waals surface area contributed by atoms with Gasteiger partial charge in [-0.1, -0.05) is 13.3 Å². The number of ether oxygens (including phenoxy) is 4. The molecule has 248 valence electrons. The molecule has 0 amide bonds. The molecule has 45 heavy (non-hydrogen) atoms. The Labute approximate surface area is 264 Å². The van der Waals surface area contributed by atoms with Crippen molar-refractivity contribution in [3.8, 4) is 23.0 Å². The predicted molar refractivity (Wildman–Crippen MR) is 166 cm³/mol. The van der Waals surface area contributed by atoms with Crippen molar-refractivity contribution in [1.82, 2.24) is 9.80 Å². The number of benzene rings is 2. The topological polar surface area (TPSA) is 145 Å². The lowest BCUT2D eigenvalue weighted by molar-refractivity contribution is -0.326. The molecule has 5 N–H and O–H groups in total. The minimum absolute atomic E-state index is 0.0515. The average molecular weight is 629 g/mol. The van der Waals surface area contributed by atoms with Gasteiger partial charge in [0.1, 0.15) is 18.3 Å². The molecule has 11 heteroatoms. The van der Waals surface area contributed by atoms with Crippen LogP contribution < -0.4 is 14.2 Å². The summed E-state index contributed by atoms with van der Waals surface area (Å²) in [6, 6.07) is 7.98. The molecule has 4 aliphatic rings. The number of nitrogens with zero attached hydrogens (tertiary/aromatic N) is 2. The van der Waals surface area contributed by atoms with Gasteiger partial charge in [0, 0.05) is 31.7 Å². The molecule has 2 aromatic carbocycles. The molecule has 0 saturated carbocycles. The molecule has 0 aliphatic carbocycles. The summed E-state index contributed by atoms with van der Waals surface area (Å²) < 4.78 is 22.4. The van der Waals surface area contributed by atoms with Gasteiger partial charge in [0.15, 0.2) is 23.0 Å². The molecule has 0 spiro atoms. The highest BCUT2D eigenvalue weighted by molar-refractivity contribution is 5.50. The number of β-amino-alcohol motifs (C(OH)–C–C–N with tert-alkyl or cyclic N) is 1. The van der Waals surface area contributed by atoms with Crippen molar-refractivity contribution in [3.63, 3.8) is 0 Å². The Morgan fingerprint density at radius 2 is 1.56 bits per heavy atom. The van der Waals surface area contributed by atoms with Crippen LogP contribution in [0.5, 0.6) is 23.0 Å². The van der Waals surface area contributed by atoms with Crippen LogP contribution in [0, 0.1) is 11.8 Å². The van der Waals surface area contributed by atoms with Crippen molar-refractivity contribution < 1.29 is 44.5 Å². The maximum absolute atomic E-state index is 11.5. The van der Waals surface area contributed by atoms with Crippen molar-refractivity contribution >= 4 is 0 Å². The van der Waals surface area contributed by atoms with Gasteiger partial charge in [0.25, 0.3) is 0 Å². The molecule has 4 heterocycles. The number of piperidine rings is 1. The summed E-state index contributed by atoms with van der Waals surface area (Å²) >= 11 is 0. The van der Waals surface area contributed by atoms with Crippen molar-refractivity contribution in [2.45, 2.75) is 75.2 Å². The standard InChI is InChI=1S/C34H48N2O9/c1-5-19-16-35-8-6-21-13-30(43-3)31(44-4)15-24(21)25(35)10-22(19)11-26-23-14-29(42-2)27(37)12-20(23)7-9-36(26)18-34(41)33(40)32(39)28(38)17-45-34/h12-15,19,22,25-26,28,32-33,37-41H,5-11,16-18H2,1-4H3/t19-,22+,25-,26+,28+,32+,33-,34+/m0/s1. The number of hydrogen-bond donors (Lipinski definition) is 5. The van der Waals surface area contributed by atoms with E-state index in [1.165, 1.54) is 18.2 Å². The van der Waals surface area contributed by atoms with E-state index in [1.54, 1.807) is 20.3 Å². The van der Waals surface area contributed by atoms with Crippen molar-refractivity contribution in [3.05, 3.63) is 46.5 Å². The number of aromatic hydroxyl groups is 1. The second-order valence-corrected chi connectivity index (χ2v) is 13.2. The number of phenolic OH excluding ortho intramolecular Hbond substituents is 1. The van der Waals surface area contributed by atoms with E-state index in [2.05, 4.69) is 28.9 Å². The SMILES string of the molecule is CC[C@H]1CN2CCc3cc(OC)c(OC)cc3[C@@H]2C[C@@H]1C[C@@H]1c2cc(OC)c(O)cc2CCN1C[C@@]1(O)OC[C@@H](O)[C@@H](O)[C@@H]1O. The molecule has 8 atom stereocenters. The smallest absolute Gasteiger partial charge is 0.207 e. The van der Waals surface area contributed by atoms with Crippen LogP contribution in [0.25, 0.3) is 0 Å². The fourth-order valence-corrected chi connectivity index (χ4v) is 8.26. The maximum Gasteiger partial charge on any atom is 0.207 e. The minimum Gasteiger partial charge on any atom is -0.504 e. The first-order valence-corrected chi connectivity index (χ1v) is 16.1. The Bertz CT molecular complexity index is 1370. The molecule has 0 bridgehead atoms. The molecule has 4 aliphatic heterocycles. The first-order chi connectivity index (χ1) is 21.6. The van der Waals surface area contributed by atoms with Crippen molar-refractivity contribution in [2.24, 2.45) is 11.8 Å². The molecule has 2 fully saturated rings. The second kappa shape index (κ2) is 12.9. The zero-order chi connectivity index (χ0) is 32.0. The predicted octanol–water partition coefficient (Wildman–Crippen LogP) is 2.15. The largest absolute Gasteiger partial charge is 0.504 e. The van der Waals surface area contributed by atoms with Gasteiger partial charge >= 0.3 is 0 Å². The number of phenols is 1. The Kier molecular flexibility index (Phi) is 9.24. The maximum atomic E-state index is 11.5. The van der Waals surface area contributed by atoms with E-state index in [0.717, 1.165) is 61.4 Å². The Morgan fingerprint density at radius 1 is 0.889 bits per heavy atom. The summed E-state index contributed by atoms with van der Waals surface area (Å²) in [5, 5.41) is 53.3. The molecule has 2 aromatic rings. The summed E-state index contributed by atoms with van der Waals surface area (Å²) in [6.07, 6.45) is -0.134. The molecule has 0 aromatic heterocycles. The van der Waals surface area contributed by atoms with Crippen LogP contribution in [0.3, 0.4) is 0 Å². The Morgan fingerprint density at radius 3 is 2.27 bits per heavy atom. The number of methoxy groups -OCH3 is 3. The van der Waals surface area contributed by atoms with Crippen LogP contribution in [-0.2, 0) is 17.6 Å². The number of aliphatic hydroxyl groups excluding tert-OH is 3. The third kappa shape index (κ3) is 5.88. The van der Waals surface area contributed by atoms with Gasteiger partial charge < -0.3 is 44.5 Å². The van der Waals surface area contributed by atoms with E-state index in [1.807, 2.05) is 6.07 Å². The quantitative estimate of drug-likeness (QED) is 0.293. The van der Waals surface area contributed by atoms with E-state index in [9.17, 15) is 25.5 Å². The summed E-state index contributed by atoms with van der Waals surface area (Å²) in [7, 11) is 4.87. The van der Waals surface area contributed by atoms with Gasteiger partial charge in [-0.3, -0.25) is 9.80 Å².